The normalized spacial score (nSPS) is 11.9. The van der Waals surface area contributed by atoms with Gasteiger partial charge in [0.25, 0.3) is 5.91 Å². The molecule has 5 heteroatoms. The van der Waals surface area contributed by atoms with E-state index in [0.717, 1.165) is 11.0 Å². The van der Waals surface area contributed by atoms with Crippen LogP contribution in [0.5, 0.6) is 0 Å². The molecule has 0 spiro atoms. The summed E-state index contributed by atoms with van der Waals surface area (Å²) in [4.78, 5) is 17.0. The van der Waals surface area contributed by atoms with E-state index in [0.29, 0.717) is 12.1 Å². The number of nitrogens with one attached hydrogen (secondary N) is 1. The molecule has 136 valence electrons. The summed E-state index contributed by atoms with van der Waals surface area (Å²) in [6.07, 6.45) is 3.38. The van der Waals surface area contributed by atoms with Crippen molar-refractivity contribution in [3.8, 4) is 0 Å². The minimum Gasteiger partial charge on any atom is -0.351 e. The Balaban J connectivity index is 1.74. The number of benzene rings is 1. The minimum atomic E-state index is -0.151. The highest BCUT2D eigenvalue weighted by molar-refractivity contribution is 5.96. The number of aromatic nitrogens is 3. The number of fused-ring (bicyclic) bond motifs is 1. The summed E-state index contributed by atoms with van der Waals surface area (Å²) in [6.45, 7) is 11.0. The van der Waals surface area contributed by atoms with Crippen molar-refractivity contribution < 1.29 is 4.79 Å². The molecule has 2 heterocycles. The average molecular weight is 350 g/mol. The van der Waals surface area contributed by atoms with Crippen molar-refractivity contribution in [2.45, 2.75) is 46.1 Å². The summed E-state index contributed by atoms with van der Waals surface area (Å²) in [5.74, 6) is -0.113. The predicted molar refractivity (Wildman–Crippen MR) is 104 cm³/mol. The van der Waals surface area contributed by atoms with Crippen LogP contribution >= 0.6 is 0 Å². The largest absolute Gasteiger partial charge is 0.351 e. The van der Waals surface area contributed by atoms with Crippen molar-refractivity contribution in [1.82, 2.24) is 20.1 Å². The SMILES string of the molecule is Cc1cccc(C(C)(C)CNC(=O)c2cnc3c(cnn3C(C)C)c2)c1. The standard InChI is InChI=1S/C21H26N4O/c1-14(2)25-19-16(12-24-25)10-17(11-22-19)20(26)23-13-21(4,5)18-8-6-7-15(3)9-18/h6-12,14H,13H2,1-5H3,(H,23,26). The quantitative estimate of drug-likeness (QED) is 0.756. The number of hydrogen-bond acceptors (Lipinski definition) is 3. The number of carbonyl (C=O) groups excluding carboxylic acids is 1. The van der Waals surface area contributed by atoms with Crippen molar-refractivity contribution in [2.75, 3.05) is 6.54 Å². The van der Waals surface area contributed by atoms with Crippen LogP contribution in [0.25, 0.3) is 11.0 Å². The first-order valence-corrected chi connectivity index (χ1v) is 8.96. The lowest BCUT2D eigenvalue weighted by atomic mass is 9.84. The molecule has 0 aliphatic carbocycles. The molecule has 0 atom stereocenters. The van der Waals surface area contributed by atoms with Crippen LogP contribution in [-0.4, -0.2) is 27.2 Å². The number of amides is 1. The van der Waals surface area contributed by atoms with E-state index in [-0.39, 0.29) is 17.4 Å². The molecule has 3 rings (SSSR count). The second kappa shape index (κ2) is 6.90. The van der Waals surface area contributed by atoms with Gasteiger partial charge in [-0.05, 0) is 32.4 Å². The van der Waals surface area contributed by atoms with Gasteiger partial charge >= 0.3 is 0 Å². The molecule has 0 saturated carbocycles. The van der Waals surface area contributed by atoms with Gasteiger partial charge in [-0.2, -0.15) is 5.10 Å². The van der Waals surface area contributed by atoms with Gasteiger partial charge in [-0.25, -0.2) is 9.67 Å². The third-order valence-corrected chi connectivity index (χ3v) is 4.68. The van der Waals surface area contributed by atoms with Gasteiger partial charge in [0, 0.05) is 29.6 Å². The lowest BCUT2D eigenvalue weighted by Crippen LogP contribution is -2.36. The molecule has 5 nitrogen and oxygen atoms in total. The fraction of sp³-hybridized carbons (Fsp3) is 0.381. The zero-order chi connectivity index (χ0) is 18.9. The fourth-order valence-corrected chi connectivity index (χ4v) is 3.01. The molecule has 1 N–H and O–H groups in total. The average Bonchev–Trinajstić information content (AvgIpc) is 3.03. The Labute approximate surface area is 154 Å². The topological polar surface area (TPSA) is 59.8 Å². The lowest BCUT2D eigenvalue weighted by molar-refractivity contribution is 0.0945. The van der Waals surface area contributed by atoms with E-state index in [9.17, 15) is 4.79 Å². The molecule has 3 aromatic rings. The molecule has 0 aliphatic rings. The summed E-state index contributed by atoms with van der Waals surface area (Å²) < 4.78 is 1.86. The van der Waals surface area contributed by atoms with Crippen molar-refractivity contribution in [2.24, 2.45) is 0 Å². The van der Waals surface area contributed by atoms with Crippen LogP contribution in [0.4, 0.5) is 0 Å². The lowest BCUT2D eigenvalue weighted by Gasteiger charge is -2.26. The molecule has 2 aromatic heterocycles. The van der Waals surface area contributed by atoms with Crippen LogP contribution in [0.15, 0.2) is 42.7 Å². The molecular weight excluding hydrogens is 324 g/mol. The van der Waals surface area contributed by atoms with Gasteiger partial charge < -0.3 is 5.32 Å². The maximum absolute atomic E-state index is 12.6. The highest BCUT2D eigenvalue weighted by Gasteiger charge is 2.22. The molecule has 0 unspecified atom stereocenters. The van der Waals surface area contributed by atoms with Crippen LogP contribution in [0, 0.1) is 6.92 Å². The zero-order valence-electron chi connectivity index (χ0n) is 16.1. The van der Waals surface area contributed by atoms with Gasteiger partial charge in [-0.1, -0.05) is 43.7 Å². The molecule has 1 amide bonds. The van der Waals surface area contributed by atoms with Gasteiger partial charge in [0.05, 0.1) is 11.8 Å². The van der Waals surface area contributed by atoms with Crippen LogP contribution in [0.1, 0.15) is 55.2 Å². The van der Waals surface area contributed by atoms with Crippen molar-refractivity contribution >= 4 is 16.9 Å². The van der Waals surface area contributed by atoms with E-state index in [1.54, 1.807) is 12.4 Å². The first-order chi connectivity index (χ1) is 12.3. The van der Waals surface area contributed by atoms with Crippen LogP contribution in [-0.2, 0) is 5.41 Å². The number of hydrogen-bond donors (Lipinski definition) is 1. The van der Waals surface area contributed by atoms with Crippen molar-refractivity contribution in [1.29, 1.82) is 0 Å². The number of carbonyl (C=O) groups is 1. The molecule has 26 heavy (non-hydrogen) atoms. The Morgan fingerprint density at radius 2 is 2.00 bits per heavy atom. The summed E-state index contributed by atoms with van der Waals surface area (Å²) in [6, 6.07) is 10.5. The van der Waals surface area contributed by atoms with Crippen LogP contribution in [0.2, 0.25) is 0 Å². The summed E-state index contributed by atoms with van der Waals surface area (Å²) in [7, 11) is 0. The Morgan fingerprint density at radius 3 is 2.69 bits per heavy atom. The van der Waals surface area contributed by atoms with Crippen molar-refractivity contribution in [3.05, 3.63) is 59.4 Å². The van der Waals surface area contributed by atoms with E-state index in [2.05, 4.69) is 74.3 Å². The second-order valence-corrected chi connectivity index (χ2v) is 7.76. The van der Waals surface area contributed by atoms with Gasteiger partial charge in [-0.15, -0.1) is 0 Å². The van der Waals surface area contributed by atoms with Gasteiger partial charge in [0.1, 0.15) is 0 Å². The maximum atomic E-state index is 12.6. The first kappa shape index (κ1) is 18.1. The molecule has 0 bridgehead atoms. The summed E-state index contributed by atoms with van der Waals surface area (Å²) in [5, 5.41) is 8.28. The number of pyridine rings is 1. The smallest absolute Gasteiger partial charge is 0.252 e. The van der Waals surface area contributed by atoms with Crippen LogP contribution < -0.4 is 5.32 Å². The maximum Gasteiger partial charge on any atom is 0.252 e. The van der Waals surface area contributed by atoms with Crippen LogP contribution in [0.3, 0.4) is 0 Å². The molecule has 1 aromatic carbocycles. The highest BCUT2D eigenvalue weighted by Crippen LogP contribution is 2.23. The van der Waals surface area contributed by atoms with E-state index in [1.165, 1.54) is 11.1 Å². The van der Waals surface area contributed by atoms with Gasteiger partial charge in [0.15, 0.2) is 5.65 Å². The second-order valence-electron chi connectivity index (χ2n) is 7.76. The third-order valence-electron chi connectivity index (χ3n) is 4.68. The van der Waals surface area contributed by atoms with E-state index >= 15 is 0 Å². The zero-order valence-corrected chi connectivity index (χ0v) is 16.1. The Hall–Kier alpha value is -2.69. The number of rotatable bonds is 5. The Bertz CT molecular complexity index is 940. The van der Waals surface area contributed by atoms with Gasteiger partial charge in [0.2, 0.25) is 0 Å². The third kappa shape index (κ3) is 3.62. The van der Waals surface area contributed by atoms with E-state index in [1.807, 2.05) is 10.7 Å². The van der Waals surface area contributed by atoms with E-state index < -0.39 is 0 Å². The molecular formula is C21H26N4O. The minimum absolute atomic E-state index is 0.113. The molecule has 0 saturated heterocycles. The van der Waals surface area contributed by atoms with Gasteiger partial charge in [-0.3, -0.25) is 4.79 Å². The predicted octanol–water partition coefficient (Wildman–Crippen LogP) is 4.03. The molecule has 0 aliphatic heterocycles. The Kier molecular flexibility index (Phi) is 4.81. The molecule has 0 radical (unpaired) electrons. The summed E-state index contributed by atoms with van der Waals surface area (Å²) >= 11 is 0. The summed E-state index contributed by atoms with van der Waals surface area (Å²) in [5.41, 5.74) is 3.64. The van der Waals surface area contributed by atoms with E-state index in [4.69, 9.17) is 0 Å². The monoisotopic (exact) mass is 350 g/mol. The number of aryl methyl sites for hydroxylation is 1. The van der Waals surface area contributed by atoms with Crippen molar-refractivity contribution in [3.63, 3.8) is 0 Å². The fourth-order valence-electron chi connectivity index (χ4n) is 3.01. The first-order valence-electron chi connectivity index (χ1n) is 8.96. The number of nitrogens with zero attached hydrogens (tertiary/aromatic N) is 3. The molecule has 0 fully saturated rings. The highest BCUT2D eigenvalue weighted by atomic mass is 16.1. The Morgan fingerprint density at radius 1 is 1.23 bits per heavy atom.